The Morgan fingerprint density at radius 1 is 1.39 bits per heavy atom. The molecule has 0 radical (unpaired) electrons. The molecule has 5 nitrogen and oxygen atoms in total. The Hall–Kier alpha value is -1.51. The van der Waals surface area contributed by atoms with Gasteiger partial charge >= 0.3 is 0 Å². The van der Waals surface area contributed by atoms with E-state index in [-0.39, 0.29) is 5.91 Å². The van der Waals surface area contributed by atoms with Crippen molar-refractivity contribution in [3.05, 3.63) is 39.3 Å². The highest BCUT2D eigenvalue weighted by Crippen LogP contribution is 2.32. The van der Waals surface area contributed by atoms with E-state index in [9.17, 15) is 4.79 Å². The van der Waals surface area contributed by atoms with E-state index in [1.165, 1.54) is 11.3 Å². The lowest BCUT2D eigenvalue weighted by molar-refractivity contribution is 0.102. The van der Waals surface area contributed by atoms with Crippen molar-refractivity contribution >= 4 is 50.3 Å². The molecule has 0 saturated heterocycles. The summed E-state index contributed by atoms with van der Waals surface area (Å²) in [5, 5.41) is 11.8. The van der Waals surface area contributed by atoms with Crippen molar-refractivity contribution in [3.8, 4) is 9.88 Å². The standard InChI is InChI=1S/C15H15BrN4OS2/c1-2-3-6-20-13(4-5-17-20)19-14(21)11-9-23-15(18-11)12-7-10(16)8-22-12/h4-5,7-9H,2-3,6H2,1H3,(H,19,21). The first-order chi connectivity index (χ1) is 11.2. The largest absolute Gasteiger partial charge is 0.305 e. The van der Waals surface area contributed by atoms with E-state index in [1.807, 2.05) is 16.1 Å². The zero-order valence-corrected chi connectivity index (χ0v) is 15.7. The smallest absolute Gasteiger partial charge is 0.276 e. The lowest BCUT2D eigenvalue weighted by Crippen LogP contribution is -2.16. The Balaban J connectivity index is 1.72. The Bertz CT molecular complexity index is 808. The van der Waals surface area contributed by atoms with Crippen LogP contribution in [0.15, 0.2) is 33.6 Å². The highest BCUT2D eigenvalue weighted by atomic mass is 79.9. The summed E-state index contributed by atoms with van der Waals surface area (Å²) < 4.78 is 2.84. The van der Waals surface area contributed by atoms with E-state index in [4.69, 9.17) is 0 Å². The number of rotatable bonds is 6. The molecule has 0 saturated carbocycles. The summed E-state index contributed by atoms with van der Waals surface area (Å²) in [6.07, 6.45) is 3.80. The van der Waals surface area contributed by atoms with Gasteiger partial charge in [0.05, 0.1) is 11.1 Å². The van der Waals surface area contributed by atoms with Crippen molar-refractivity contribution in [1.82, 2.24) is 14.8 Å². The monoisotopic (exact) mass is 410 g/mol. The number of amides is 1. The van der Waals surface area contributed by atoms with E-state index in [2.05, 4.69) is 38.3 Å². The molecular weight excluding hydrogens is 396 g/mol. The normalized spacial score (nSPS) is 10.9. The van der Waals surface area contributed by atoms with Crippen LogP contribution in [0.2, 0.25) is 0 Å². The van der Waals surface area contributed by atoms with E-state index < -0.39 is 0 Å². The first-order valence-electron chi connectivity index (χ1n) is 7.20. The van der Waals surface area contributed by atoms with Crippen LogP contribution in [-0.2, 0) is 6.54 Å². The number of nitrogens with one attached hydrogen (secondary N) is 1. The van der Waals surface area contributed by atoms with Crippen LogP contribution in [0.5, 0.6) is 0 Å². The minimum atomic E-state index is -0.207. The number of anilines is 1. The molecule has 3 rings (SSSR count). The number of hydrogen-bond acceptors (Lipinski definition) is 5. The minimum Gasteiger partial charge on any atom is -0.305 e. The third kappa shape index (κ3) is 3.88. The highest BCUT2D eigenvalue weighted by molar-refractivity contribution is 9.10. The molecule has 0 bridgehead atoms. The number of aryl methyl sites for hydroxylation is 1. The van der Waals surface area contributed by atoms with Crippen LogP contribution in [0.4, 0.5) is 5.82 Å². The SMILES string of the molecule is CCCCn1nccc1NC(=O)c1csc(-c2cc(Br)cs2)n1. The molecule has 3 heterocycles. The molecule has 0 aliphatic carbocycles. The third-order valence-corrected chi connectivity index (χ3v) is 5.90. The summed E-state index contributed by atoms with van der Waals surface area (Å²) in [5.41, 5.74) is 0.428. The molecule has 0 aromatic carbocycles. The zero-order chi connectivity index (χ0) is 16.2. The second-order valence-electron chi connectivity index (χ2n) is 4.91. The van der Waals surface area contributed by atoms with Crippen LogP contribution >= 0.6 is 38.6 Å². The highest BCUT2D eigenvalue weighted by Gasteiger charge is 2.14. The van der Waals surface area contributed by atoms with Gasteiger partial charge in [0.1, 0.15) is 16.5 Å². The number of carbonyl (C=O) groups is 1. The number of thiophene rings is 1. The maximum atomic E-state index is 12.4. The van der Waals surface area contributed by atoms with Gasteiger partial charge in [0.25, 0.3) is 5.91 Å². The topological polar surface area (TPSA) is 59.8 Å². The zero-order valence-electron chi connectivity index (χ0n) is 12.5. The van der Waals surface area contributed by atoms with Gasteiger partial charge in [-0.1, -0.05) is 13.3 Å². The van der Waals surface area contributed by atoms with Gasteiger partial charge in [0.15, 0.2) is 0 Å². The molecule has 1 N–H and O–H groups in total. The number of hydrogen-bond donors (Lipinski definition) is 1. The minimum absolute atomic E-state index is 0.207. The van der Waals surface area contributed by atoms with Crippen molar-refractivity contribution in [1.29, 1.82) is 0 Å². The summed E-state index contributed by atoms with van der Waals surface area (Å²) in [5.74, 6) is 0.498. The second kappa shape index (κ2) is 7.37. The molecule has 3 aromatic heterocycles. The molecule has 23 heavy (non-hydrogen) atoms. The van der Waals surface area contributed by atoms with Gasteiger partial charge < -0.3 is 5.32 Å². The maximum absolute atomic E-state index is 12.4. The predicted octanol–water partition coefficient (Wildman–Crippen LogP) is 4.88. The van der Waals surface area contributed by atoms with Gasteiger partial charge in [0, 0.05) is 27.8 Å². The summed E-state index contributed by atoms with van der Waals surface area (Å²) in [4.78, 5) is 17.9. The average Bonchev–Trinajstić information content (AvgIpc) is 3.25. The Labute approximate surface area is 150 Å². The first kappa shape index (κ1) is 16.4. The van der Waals surface area contributed by atoms with Crippen molar-refractivity contribution in [2.24, 2.45) is 0 Å². The molecular formula is C15H15BrN4OS2. The first-order valence-corrected chi connectivity index (χ1v) is 9.75. The van der Waals surface area contributed by atoms with Gasteiger partial charge in [-0.25, -0.2) is 9.67 Å². The Morgan fingerprint density at radius 3 is 3.00 bits per heavy atom. The fourth-order valence-electron chi connectivity index (χ4n) is 2.02. The molecule has 0 atom stereocenters. The average molecular weight is 411 g/mol. The lowest BCUT2D eigenvalue weighted by Gasteiger charge is -2.07. The third-order valence-electron chi connectivity index (χ3n) is 3.20. The van der Waals surface area contributed by atoms with Crippen LogP contribution in [0.3, 0.4) is 0 Å². The van der Waals surface area contributed by atoms with E-state index in [0.717, 1.165) is 33.7 Å². The molecule has 3 aromatic rings. The van der Waals surface area contributed by atoms with Crippen LogP contribution in [0.1, 0.15) is 30.3 Å². The predicted molar refractivity (Wildman–Crippen MR) is 98.2 cm³/mol. The molecule has 0 fully saturated rings. The van der Waals surface area contributed by atoms with Crippen molar-refractivity contribution in [2.45, 2.75) is 26.3 Å². The second-order valence-corrected chi connectivity index (χ2v) is 7.60. The van der Waals surface area contributed by atoms with Crippen molar-refractivity contribution in [2.75, 3.05) is 5.32 Å². The fraction of sp³-hybridized carbons (Fsp3) is 0.267. The summed E-state index contributed by atoms with van der Waals surface area (Å²) >= 11 is 6.50. The number of unbranched alkanes of at least 4 members (excludes halogenated alkanes) is 1. The lowest BCUT2D eigenvalue weighted by atomic mass is 10.3. The van der Waals surface area contributed by atoms with E-state index in [1.54, 1.807) is 29.0 Å². The summed E-state index contributed by atoms with van der Waals surface area (Å²) in [7, 11) is 0. The number of thiazole rings is 1. The molecule has 0 spiro atoms. The van der Waals surface area contributed by atoms with Gasteiger partial charge in [-0.15, -0.1) is 22.7 Å². The quantitative estimate of drug-likeness (QED) is 0.629. The van der Waals surface area contributed by atoms with Crippen LogP contribution in [-0.4, -0.2) is 20.7 Å². The van der Waals surface area contributed by atoms with Crippen molar-refractivity contribution in [3.63, 3.8) is 0 Å². The van der Waals surface area contributed by atoms with Gasteiger partial charge in [-0.2, -0.15) is 5.10 Å². The van der Waals surface area contributed by atoms with Gasteiger partial charge in [-0.3, -0.25) is 4.79 Å². The molecule has 120 valence electrons. The Kier molecular flexibility index (Phi) is 5.24. The Morgan fingerprint density at radius 2 is 2.26 bits per heavy atom. The molecule has 0 aliphatic heterocycles. The summed E-state index contributed by atoms with van der Waals surface area (Å²) in [6, 6.07) is 3.81. The number of aromatic nitrogens is 3. The van der Waals surface area contributed by atoms with Gasteiger partial charge in [-0.05, 0) is 28.4 Å². The molecule has 1 amide bonds. The van der Waals surface area contributed by atoms with E-state index >= 15 is 0 Å². The molecule has 8 heteroatoms. The fourth-order valence-corrected chi connectivity index (χ4v) is 4.33. The number of carbonyl (C=O) groups excluding carboxylic acids is 1. The molecule has 0 unspecified atom stereocenters. The number of halogens is 1. The van der Waals surface area contributed by atoms with Crippen LogP contribution in [0, 0.1) is 0 Å². The number of nitrogens with zero attached hydrogens (tertiary/aromatic N) is 3. The molecule has 0 aliphatic rings. The van der Waals surface area contributed by atoms with Gasteiger partial charge in [0.2, 0.25) is 0 Å². The van der Waals surface area contributed by atoms with E-state index in [0.29, 0.717) is 11.5 Å². The van der Waals surface area contributed by atoms with Crippen LogP contribution < -0.4 is 5.32 Å². The maximum Gasteiger partial charge on any atom is 0.276 e. The van der Waals surface area contributed by atoms with Crippen molar-refractivity contribution < 1.29 is 4.79 Å². The summed E-state index contributed by atoms with van der Waals surface area (Å²) in [6.45, 7) is 2.92. The van der Waals surface area contributed by atoms with Crippen LogP contribution in [0.25, 0.3) is 9.88 Å².